The summed E-state index contributed by atoms with van der Waals surface area (Å²) in [4.78, 5) is 49.2. The molecule has 0 radical (unpaired) electrons. The summed E-state index contributed by atoms with van der Waals surface area (Å²) in [5.74, 6) is -1.77. The molecule has 4 amide bonds. The van der Waals surface area contributed by atoms with E-state index in [-0.39, 0.29) is 0 Å². The van der Waals surface area contributed by atoms with Crippen LogP contribution in [0.2, 0.25) is 0 Å². The van der Waals surface area contributed by atoms with Crippen LogP contribution >= 0.6 is 0 Å². The van der Waals surface area contributed by atoms with Crippen LogP contribution < -0.4 is 10.6 Å². The molecule has 1 fully saturated rings. The van der Waals surface area contributed by atoms with Crippen LogP contribution in [0, 0.1) is 13.8 Å². The van der Waals surface area contributed by atoms with Gasteiger partial charge in [0, 0.05) is 5.69 Å². The number of carbonyl (C=O) groups excluding carboxylic acids is 4. The number of imide groups is 1. The Balaban J connectivity index is 1.88. The highest BCUT2D eigenvalue weighted by molar-refractivity contribution is 6.08. The fourth-order valence-corrected chi connectivity index (χ4v) is 3.11. The number of hydrogen-bond donors (Lipinski definition) is 2. The molecule has 0 aromatic heterocycles. The van der Waals surface area contributed by atoms with Crippen molar-refractivity contribution >= 4 is 29.5 Å². The van der Waals surface area contributed by atoms with Gasteiger partial charge in [0.2, 0.25) is 0 Å². The SMILES string of the molecule is CCC1(CC)NC(=O)N(CC(=O)OCC(=O)Nc2cc(C)cc(C)c2)C1=O. The molecule has 2 N–H and O–H groups in total. The Morgan fingerprint density at radius 2 is 1.70 bits per heavy atom. The Hall–Kier alpha value is -2.90. The molecule has 1 aliphatic heterocycles. The summed E-state index contributed by atoms with van der Waals surface area (Å²) in [6, 6.07) is 4.95. The molecule has 0 spiro atoms. The molecule has 0 atom stereocenters. The number of anilines is 1. The number of ether oxygens (including phenoxy) is 1. The summed E-state index contributed by atoms with van der Waals surface area (Å²) in [6.07, 6.45) is 0.857. The van der Waals surface area contributed by atoms with Gasteiger partial charge in [0.05, 0.1) is 0 Å². The second kappa shape index (κ2) is 8.20. The highest BCUT2D eigenvalue weighted by atomic mass is 16.5. The number of rotatable bonds is 7. The van der Waals surface area contributed by atoms with Crippen molar-refractivity contribution in [3.05, 3.63) is 29.3 Å². The van der Waals surface area contributed by atoms with Gasteiger partial charge in [0.1, 0.15) is 12.1 Å². The van der Waals surface area contributed by atoms with Crippen molar-refractivity contribution in [1.29, 1.82) is 0 Å². The van der Waals surface area contributed by atoms with Gasteiger partial charge in [0.25, 0.3) is 11.8 Å². The molecule has 8 nitrogen and oxygen atoms in total. The molecule has 146 valence electrons. The third-order valence-electron chi connectivity index (χ3n) is 4.61. The molecule has 1 aliphatic rings. The van der Waals surface area contributed by atoms with E-state index in [0.29, 0.717) is 18.5 Å². The van der Waals surface area contributed by atoms with E-state index in [1.807, 2.05) is 19.9 Å². The van der Waals surface area contributed by atoms with Crippen LogP contribution in [0.1, 0.15) is 37.8 Å². The molecule has 27 heavy (non-hydrogen) atoms. The molecule has 0 aliphatic carbocycles. The number of nitrogens with zero attached hydrogens (tertiary/aromatic N) is 1. The lowest BCUT2D eigenvalue weighted by molar-refractivity contribution is -0.150. The lowest BCUT2D eigenvalue weighted by Gasteiger charge is -2.22. The molecular weight excluding hydrogens is 350 g/mol. The Morgan fingerprint density at radius 3 is 2.22 bits per heavy atom. The van der Waals surface area contributed by atoms with Crippen molar-refractivity contribution in [1.82, 2.24) is 10.2 Å². The first-order chi connectivity index (χ1) is 12.7. The van der Waals surface area contributed by atoms with Crippen molar-refractivity contribution < 1.29 is 23.9 Å². The quantitative estimate of drug-likeness (QED) is 0.559. The average molecular weight is 375 g/mol. The summed E-state index contributed by atoms with van der Waals surface area (Å²) in [5, 5.41) is 5.28. The molecule has 1 saturated heterocycles. The maximum atomic E-state index is 12.4. The monoisotopic (exact) mass is 375 g/mol. The number of nitrogens with one attached hydrogen (secondary N) is 2. The number of benzene rings is 1. The third kappa shape index (κ3) is 4.64. The largest absolute Gasteiger partial charge is 0.454 e. The molecule has 8 heteroatoms. The van der Waals surface area contributed by atoms with E-state index in [1.54, 1.807) is 26.0 Å². The van der Waals surface area contributed by atoms with E-state index < -0.39 is 42.5 Å². The van der Waals surface area contributed by atoms with E-state index in [9.17, 15) is 19.2 Å². The predicted octanol–water partition coefficient (Wildman–Crippen LogP) is 1.90. The van der Waals surface area contributed by atoms with Gasteiger partial charge in [0.15, 0.2) is 6.61 Å². The van der Waals surface area contributed by atoms with Crippen molar-refractivity contribution in [2.24, 2.45) is 0 Å². The zero-order valence-corrected chi connectivity index (χ0v) is 16.0. The smallest absolute Gasteiger partial charge is 0.326 e. The van der Waals surface area contributed by atoms with Gasteiger partial charge in [-0.1, -0.05) is 19.9 Å². The standard InChI is InChI=1S/C19H25N3O5/c1-5-19(6-2)17(25)22(18(26)21-19)10-16(24)27-11-15(23)20-14-8-12(3)7-13(4)9-14/h7-9H,5-6,10-11H2,1-4H3,(H,20,23)(H,21,26). The summed E-state index contributed by atoms with van der Waals surface area (Å²) in [6.45, 7) is 6.38. The van der Waals surface area contributed by atoms with Gasteiger partial charge in [-0.05, 0) is 49.9 Å². The number of esters is 1. The highest BCUT2D eigenvalue weighted by Gasteiger charge is 2.49. The van der Waals surface area contributed by atoms with Crippen molar-refractivity contribution in [2.45, 2.75) is 46.1 Å². The first-order valence-electron chi connectivity index (χ1n) is 8.88. The fourth-order valence-electron chi connectivity index (χ4n) is 3.11. The number of hydrogen-bond acceptors (Lipinski definition) is 5. The normalized spacial score (nSPS) is 15.5. The molecule has 1 aromatic rings. The van der Waals surface area contributed by atoms with Gasteiger partial charge >= 0.3 is 12.0 Å². The number of amides is 4. The van der Waals surface area contributed by atoms with E-state index in [4.69, 9.17) is 4.74 Å². The average Bonchev–Trinajstić information content (AvgIpc) is 2.83. The maximum Gasteiger partial charge on any atom is 0.326 e. The minimum atomic E-state index is -0.974. The molecule has 2 rings (SSSR count). The van der Waals surface area contributed by atoms with Gasteiger partial charge in [-0.3, -0.25) is 19.3 Å². The zero-order chi connectivity index (χ0) is 20.2. The van der Waals surface area contributed by atoms with E-state index in [0.717, 1.165) is 16.0 Å². The van der Waals surface area contributed by atoms with E-state index >= 15 is 0 Å². The van der Waals surface area contributed by atoms with Crippen molar-refractivity contribution in [3.63, 3.8) is 0 Å². The summed E-state index contributed by atoms with van der Waals surface area (Å²) in [7, 11) is 0. The maximum absolute atomic E-state index is 12.4. The van der Waals surface area contributed by atoms with Gasteiger partial charge in [-0.15, -0.1) is 0 Å². The van der Waals surface area contributed by atoms with Crippen molar-refractivity contribution in [3.8, 4) is 0 Å². The second-order valence-corrected chi connectivity index (χ2v) is 6.70. The Morgan fingerprint density at radius 1 is 1.11 bits per heavy atom. The molecule has 0 unspecified atom stereocenters. The number of urea groups is 1. The fraction of sp³-hybridized carbons (Fsp3) is 0.474. The second-order valence-electron chi connectivity index (χ2n) is 6.70. The molecule has 0 bridgehead atoms. The van der Waals surface area contributed by atoms with Crippen LogP contribution in [-0.4, -0.2) is 47.4 Å². The molecular formula is C19H25N3O5. The number of carbonyl (C=O) groups is 4. The summed E-state index contributed by atoms with van der Waals surface area (Å²) in [5.41, 5.74) is 1.63. The first kappa shape index (κ1) is 20.4. The van der Waals surface area contributed by atoms with Crippen LogP contribution in [-0.2, 0) is 19.1 Å². The van der Waals surface area contributed by atoms with Gasteiger partial charge < -0.3 is 15.4 Å². The minimum absolute atomic E-state index is 0.429. The summed E-state index contributed by atoms with van der Waals surface area (Å²) < 4.78 is 4.91. The third-order valence-corrected chi connectivity index (χ3v) is 4.61. The van der Waals surface area contributed by atoms with E-state index in [2.05, 4.69) is 10.6 Å². The van der Waals surface area contributed by atoms with Gasteiger partial charge in [-0.2, -0.15) is 0 Å². The molecule has 0 saturated carbocycles. The van der Waals surface area contributed by atoms with E-state index in [1.165, 1.54) is 0 Å². The van der Waals surface area contributed by atoms with Crippen molar-refractivity contribution in [2.75, 3.05) is 18.5 Å². The summed E-state index contributed by atoms with van der Waals surface area (Å²) >= 11 is 0. The topological polar surface area (TPSA) is 105 Å². The number of aryl methyl sites for hydroxylation is 2. The molecule has 1 heterocycles. The molecule has 1 aromatic carbocycles. The van der Waals surface area contributed by atoms with Crippen LogP contribution in [0.5, 0.6) is 0 Å². The Labute approximate surface area is 158 Å². The first-order valence-corrected chi connectivity index (χ1v) is 8.88. The Kier molecular flexibility index (Phi) is 6.20. The van der Waals surface area contributed by atoms with Crippen LogP contribution in [0.3, 0.4) is 0 Å². The van der Waals surface area contributed by atoms with Crippen LogP contribution in [0.25, 0.3) is 0 Å². The lowest BCUT2D eigenvalue weighted by Crippen LogP contribution is -2.46. The zero-order valence-electron chi connectivity index (χ0n) is 16.0. The Bertz CT molecular complexity index is 750. The van der Waals surface area contributed by atoms with Crippen LogP contribution in [0.4, 0.5) is 10.5 Å². The highest BCUT2D eigenvalue weighted by Crippen LogP contribution is 2.24. The minimum Gasteiger partial charge on any atom is -0.454 e. The van der Waals surface area contributed by atoms with Crippen LogP contribution in [0.15, 0.2) is 18.2 Å². The predicted molar refractivity (Wildman–Crippen MR) is 99.1 cm³/mol. The van der Waals surface area contributed by atoms with Gasteiger partial charge in [-0.25, -0.2) is 4.79 Å². The lowest BCUT2D eigenvalue weighted by atomic mass is 9.93.